The first-order valence-corrected chi connectivity index (χ1v) is 10.5. The van der Waals surface area contributed by atoms with Crippen LogP contribution in [0.2, 0.25) is 0 Å². The van der Waals surface area contributed by atoms with Crippen LogP contribution in [0.15, 0.2) is 43.9 Å². The van der Waals surface area contributed by atoms with Crippen molar-refractivity contribution in [2.24, 2.45) is 14.1 Å². The first-order valence-electron chi connectivity index (χ1n) is 8.07. The van der Waals surface area contributed by atoms with E-state index in [9.17, 15) is 18.0 Å². The van der Waals surface area contributed by atoms with Crippen LogP contribution >= 0.6 is 11.8 Å². The van der Waals surface area contributed by atoms with Crippen LogP contribution in [0.4, 0.5) is 0 Å². The average Bonchev–Trinajstić information content (AvgIpc) is 2.63. The monoisotopic (exact) mass is 398 g/mol. The molecule has 10 heteroatoms. The number of pyridine rings is 1. The van der Waals surface area contributed by atoms with Crippen LogP contribution in [0.5, 0.6) is 0 Å². The summed E-state index contributed by atoms with van der Waals surface area (Å²) in [5.41, 5.74) is -0.177. The predicted molar refractivity (Wildman–Crippen MR) is 101 cm³/mol. The molecule has 2 aromatic rings. The molecule has 2 rings (SSSR count). The van der Waals surface area contributed by atoms with Gasteiger partial charge in [-0.15, -0.1) is 11.8 Å². The van der Waals surface area contributed by atoms with Crippen molar-refractivity contribution in [2.75, 3.05) is 13.1 Å². The van der Waals surface area contributed by atoms with E-state index in [0.29, 0.717) is 29.6 Å². The van der Waals surface area contributed by atoms with E-state index in [1.807, 2.05) is 0 Å². The second kappa shape index (κ2) is 8.19. The molecule has 142 valence electrons. The van der Waals surface area contributed by atoms with Crippen LogP contribution in [-0.4, -0.2) is 39.9 Å². The molecule has 2 heterocycles. The maximum atomic E-state index is 12.4. The number of nitrogens with zero attached hydrogens (tertiary/aromatic N) is 4. The number of hydrogen-bond acceptors (Lipinski definition) is 6. The number of rotatable bonds is 7. The van der Waals surface area contributed by atoms with Gasteiger partial charge in [-0.1, -0.05) is 13.8 Å². The lowest BCUT2D eigenvalue weighted by molar-refractivity contribution is 0.445. The molecule has 0 spiro atoms. The third-order valence-electron chi connectivity index (χ3n) is 4.05. The smallest absolute Gasteiger partial charge is 0.300 e. The molecular weight excluding hydrogens is 376 g/mol. The standard InChI is InChI=1S/C16H22N4O4S2/c1-5-20(6-2)26(23,24)13-7-8-14(17-10-13)25-11-12-9-15(21)19(4)16(22)18(12)3/h7-10H,5-6,11H2,1-4H3. The fourth-order valence-corrected chi connectivity index (χ4v) is 4.65. The minimum atomic E-state index is -3.54. The highest BCUT2D eigenvalue weighted by Gasteiger charge is 2.21. The van der Waals surface area contributed by atoms with Crippen molar-refractivity contribution in [2.45, 2.75) is 29.5 Å². The zero-order valence-corrected chi connectivity index (χ0v) is 16.8. The fraction of sp³-hybridized carbons (Fsp3) is 0.438. The predicted octanol–water partition coefficient (Wildman–Crippen LogP) is 0.802. The molecule has 0 bridgehead atoms. The molecule has 0 saturated heterocycles. The van der Waals surface area contributed by atoms with E-state index in [2.05, 4.69) is 4.98 Å². The molecule has 8 nitrogen and oxygen atoms in total. The van der Waals surface area contributed by atoms with Gasteiger partial charge in [0.25, 0.3) is 5.56 Å². The van der Waals surface area contributed by atoms with Gasteiger partial charge in [0, 0.05) is 50.9 Å². The van der Waals surface area contributed by atoms with E-state index in [4.69, 9.17) is 0 Å². The number of hydrogen-bond donors (Lipinski definition) is 0. The lowest BCUT2D eigenvalue weighted by atomic mass is 10.4. The van der Waals surface area contributed by atoms with Gasteiger partial charge in [-0.05, 0) is 12.1 Å². The zero-order valence-electron chi connectivity index (χ0n) is 15.2. The summed E-state index contributed by atoms with van der Waals surface area (Å²) in [4.78, 5) is 28.0. The van der Waals surface area contributed by atoms with Crippen molar-refractivity contribution in [1.29, 1.82) is 0 Å². The van der Waals surface area contributed by atoms with Crippen molar-refractivity contribution in [3.05, 3.63) is 50.9 Å². The highest BCUT2D eigenvalue weighted by Crippen LogP contribution is 2.22. The summed E-state index contributed by atoms with van der Waals surface area (Å²) in [6, 6.07) is 4.56. The largest absolute Gasteiger partial charge is 0.330 e. The quantitative estimate of drug-likeness (QED) is 0.641. The highest BCUT2D eigenvalue weighted by molar-refractivity contribution is 7.98. The van der Waals surface area contributed by atoms with Crippen LogP contribution < -0.4 is 11.2 Å². The van der Waals surface area contributed by atoms with Crippen molar-refractivity contribution in [1.82, 2.24) is 18.4 Å². The first kappa shape index (κ1) is 20.4. The Morgan fingerprint density at radius 2 is 1.77 bits per heavy atom. The molecule has 0 aliphatic carbocycles. The Morgan fingerprint density at radius 3 is 2.31 bits per heavy atom. The van der Waals surface area contributed by atoms with E-state index in [0.717, 1.165) is 4.57 Å². The second-order valence-corrected chi connectivity index (χ2v) is 8.52. The van der Waals surface area contributed by atoms with Crippen molar-refractivity contribution in [3.8, 4) is 0 Å². The summed E-state index contributed by atoms with van der Waals surface area (Å²) in [5, 5.41) is 0.608. The molecule has 26 heavy (non-hydrogen) atoms. The fourth-order valence-electron chi connectivity index (χ4n) is 2.38. The number of thioether (sulfide) groups is 1. The lowest BCUT2D eigenvalue weighted by Gasteiger charge is -2.18. The van der Waals surface area contributed by atoms with E-state index < -0.39 is 10.0 Å². The molecule has 0 fully saturated rings. The Bertz CT molecular complexity index is 990. The number of aromatic nitrogens is 3. The third kappa shape index (κ3) is 4.08. The Labute approximate surface area is 156 Å². The molecule has 0 aliphatic rings. The third-order valence-corrected chi connectivity index (χ3v) is 7.06. The SMILES string of the molecule is CCN(CC)S(=O)(=O)c1ccc(SCc2cc(=O)n(C)c(=O)n2C)nc1. The molecule has 0 amide bonds. The summed E-state index contributed by atoms with van der Waals surface area (Å²) in [6.07, 6.45) is 1.33. The molecule has 2 aromatic heterocycles. The zero-order chi connectivity index (χ0) is 19.5. The molecule has 0 saturated carbocycles. The molecule has 0 aromatic carbocycles. The molecule has 0 radical (unpaired) electrons. The minimum absolute atomic E-state index is 0.145. The minimum Gasteiger partial charge on any atom is -0.300 e. The summed E-state index contributed by atoms with van der Waals surface area (Å²) < 4.78 is 28.7. The molecule has 0 N–H and O–H groups in total. The Kier molecular flexibility index (Phi) is 6.43. The Hall–Kier alpha value is -1.91. The van der Waals surface area contributed by atoms with Gasteiger partial charge in [-0.2, -0.15) is 4.31 Å². The number of sulfonamides is 1. The van der Waals surface area contributed by atoms with Crippen LogP contribution in [0, 0.1) is 0 Å². The van der Waals surface area contributed by atoms with Gasteiger partial charge in [0.15, 0.2) is 0 Å². The van der Waals surface area contributed by atoms with Gasteiger partial charge in [0.2, 0.25) is 10.0 Å². The van der Waals surface area contributed by atoms with E-state index >= 15 is 0 Å². The van der Waals surface area contributed by atoms with Gasteiger partial charge >= 0.3 is 5.69 Å². The summed E-state index contributed by atoms with van der Waals surface area (Å²) in [5.74, 6) is 0.372. The van der Waals surface area contributed by atoms with E-state index in [-0.39, 0.29) is 16.1 Å². The van der Waals surface area contributed by atoms with Crippen LogP contribution in [0.1, 0.15) is 19.5 Å². The maximum Gasteiger partial charge on any atom is 0.330 e. The second-order valence-electron chi connectivity index (χ2n) is 5.58. The van der Waals surface area contributed by atoms with Gasteiger partial charge < -0.3 is 0 Å². The Balaban J connectivity index is 2.19. The van der Waals surface area contributed by atoms with Crippen LogP contribution in [0.3, 0.4) is 0 Å². The lowest BCUT2D eigenvalue weighted by Crippen LogP contribution is -2.37. The first-order chi connectivity index (χ1) is 12.2. The van der Waals surface area contributed by atoms with E-state index in [1.165, 1.54) is 46.0 Å². The van der Waals surface area contributed by atoms with E-state index in [1.54, 1.807) is 27.0 Å². The molecule has 0 unspecified atom stereocenters. The van der Waals surface area contributed by atoms with Gasteiger partial charge in [0.1, 0.15) is 4.90 Å². The molecular formula is C16H22N4O4S2. The molecule has 0 aliphatic heterocycles. The summed E-state index contributed by atoms with van der Waals surface area (Å²) in [6.45, 7) is 4.36. The van der Waals surface area contributed by atoms with Crippen molar-refractivity contribution < 1.29 is 8.42 Å². The topological polar surface area (TPSA) is 94.3 Å². The van der Waals surface area contributed by atoms with Crippen molar-refractivity contribution >= 4 is 21.8 Å². The van der Waals surface area contributed by atoms with Gasteiger partial charge in [-0.3, -0.25) is 13.9 Å². The van der Waals surface area contributed by atoms with Gasteiger partial charge in [-0.25, -0.2) is 18.2 Å². The highest BCUT2D eigenvalue weighted by atomic mass is 32.2. The maximum absolute atomic E-state index is 12.4. The van der Waals surface area contributed by atoms with Crippen LogP contribution in [0.25, 0.3) is 0 Å². The normalized spacial score (nSPS) is 11.9. The van der Waals surface area contributed by atoms with Crippen LogP contribution in [-0.2, 0) is 29.9 Å². The summed E-state index contributed by atoms with van der Waals surface area (Å²) in [7, 11) is -0.505. The summed E-state index contributed by atoms with van der Waals surface area (Å²) >= 11 is 1.32. The average molecular weight is 399 g/mol. The van der Waals surface area contributed by atoms with Crippen molar-refractivity contribution in [3.63, 3.8) is 0 Å². The Morgan fingerprint density at radius 1 is 1.12 bits per heavy atom. The van der Waals surface area contributed by atoms with Gasteiger partial charge in [0.05, 0.1) is 5.03 Å². The molecule has 0 atom stereocenters.